The number of carbonyl (C=O) groups is 1. The molecule has 0 radical (unpaired) electrons. The summed E-state index contributed by atoms with van der Waals surface area (Å²) in [7, 11) is 0. The Kier molecular flexibility index (Phi) is 7.10. The van der Waals surface area contributed by atoms with Crippen LogP contribution in [0.2, 0.25) is 0 Å². The van der Waals surface area contributed by atoms with Gasteiger partial charge in [-0.3, -0.25) is 4.79 Å². The van der Waals surface area contributed by atoms with Crippen molar-refractivity contribution in [3.05, 3.63) is 10.6 Å². The third-order valence-electron chi connectivity index (χ3n) is 4.54. The summed E-state index contributed by atoms with van der Waals surface area (Å²) in [5, 5.41) is 3.75. The lowest BCUT2D eigenvalue weighted by Gasteiger charge is -2.27. The van der Waals surface area contributed by atoms with Crippen molar-refractivity contribution >= 4 is 34.8 Å². The molecule has 0 fully saturated rings. The van der Waals surface area contributed by atoms with Gasteiger partial charge >= 0.3 is 0 Å². The zero-order valence-electron chi connectivity index (χ0n) is 12.9. The summed E-state index contributed by atoms with van der Waals surface area (Å²) in [5.41, 5.74) is 6.56. The van der Waals surface area contributed by atoms with E-state index in [0.717, 1.165) is 30.8 Å². The number of anilines is 1. The van der Waals surface area contributed by atoms with Crippen LogP contribution in [0.3, 0.4) is 0 Å². The van der Waals surface area contributed by atoms with Gasteiger partial charge in [0.05, 0.1) is 11.1 Å². The lowest BCUT2D eigenvalue weighted by molar-refractivity contribution is -0.125. The van der Waals surface area contributed by atoms with Gasteiger partial charge in [-0.05, 0) is 38.5 Å². The summed E-state index contributed by atoms with van der Waals surface area (Å²) in [6.45, 7) is 4.43. The van der Waals surface area contributed by atoms with Gasteiger partial charge in [-0.2, -0.15) is 0 Å². The molecule has 0 atom stereocenters. The molecular formula is C15H26ClN3OS. The molecule has 4 nitrogen and oxygen atoms in total. The fraction of sp³-hybridized carbons (Fsp3) is 0.733. The highest BCUT2D eigenvalue weighted by Crippen LogP contribution is 2.31. The standard InChI is InChI=1S/C15H25N3OS.ClH/c1-3-15(4-2,10-16)13(19)18-14-17-11-8-6-5-7-9-12(11)20-14;/h3-10,16H2,1-2H3,(H,17,18,19);1H. The van der Waals surface area contributed by atoms with Gasteiger partial charge in [0.25, 0.3) is 0 Å². The highest BCUT2D eigenvalue weighted by Gasteiger charge is 2.34. The Morgan fingerprint density at radius 3 is 2.57 bits per heavy atom. The first kappa shape index (κ1) is 18.4. The number of halogens is 1. The first-order valence-corrected chi connectivity index (χ1v) is 8.47. The van der Waals surface area contributed by atoms with Crippen LogP contribution in [0.1, 0.15) is 56.5 Å². The van der Waals surface area contributed by atoms with Crippen LogP contribution in [-0.4, -0.2) is 17.4 Å². The summed E-state index contributed by atoms with van der Waals surface area (Å²) < 4.78 is 0. The fourth-order valence-electron chi connectivity index (χ4n) is 2.76. The molecule has 0 spiro atoms. The summed E-state index contributed by atoms with van der Waals surface area (Å²) in [6, 6.07) is 0. The van der Waals surface area contributed by atoms with E-state index in [0.29, 0.717) is 6.54 Å². The average molecular weight is 332 g/mol. The number of rotatable bonds is 5. The van der Waals surface area contributed by atoms with E-state index in [1.54, 1.807) is 11.3 Å². The highest BCUT2D eigenvalue weighted by molar-refractivity contribution is 7.15. The Balaban J connectivity index is 0.00000220. The van der Waals surface area contributed by atoms with Crippen molar-refractivity contribution in [2.45, 2.75) is 58.8 Å². The van der Waals surface area contributed by atoms with E-state index in [2.05, 4.69) is 10.3 Å². The zero-order valence-corrected chi connectivity index (χ0v) is 14.5. The Morgan fingerprint density at radius 1 is 1.29 bits per heavy atom. The van der Waals surface area contributed by atoms with E-state index in [9.17, 15) is 4.79 Å². The number of aromatic nitrogens is 1. The molecule has 1 heterocycles. The third kappa shape index (κ3) is 3.96. The van der Waals surface area contributed by atoms with Crippen LogP contribution in [0.25, 0.3) is 0 Å². The molecule has 120 valence electrons. The number of thiazole rings is 1. The van der Waals surface area contributed by atoms with Crippen LogP contribution in [0.15, 0.2) is 0 Å². The van der Waals surface area contributed by atoms with Crippen LogP contribution >= 0.6 is 23.7 Å². The lowest BCUT2D eigenvalue weighted by Crippen LogP contribution is -2.41. The monoisotopic (exact) mass is 331 g/mol. The van der Waals surface area contributed by atoms with E-state index in [4.69, 9.17) is 5.73 Å². The summed E-state index contributed by atoms with van der Waals surface area (Å²) in [6.07, 6.45) is 7.40. The number of amides is 1. The van der Waals surface area contributed by atoms with Gasteiger partial charge in [0.1, 0.15) is 0 Å². The van der Waals surface area contributed by atoms with Gasteiger partial charge in [0, 0.05) is 11.4 Å². The third-order valence-corrected chi connectivity index (χ3v) is 5.61. The van der Waals surface area contributed by atoms with Gasteiger partial charge in [0.2, 0.25) is 5.91 Å². The van der Waals surface area contributed by atoms with Crippen molar-refractivity contribution in [3.8, 4) is 0 Å². The molecule has 0 bridgehead atoms. The van der Waals surface area contributed by atoms with Crippen molar-refractivity contribution in [2.75, 3.05) is 11.9 Å². The molecule has 1 aliphatic carbocycles. The molecule has 21 heavy (non-hydrogen) atoms. The van der Waals surface area contributed by atoms with Crippen LogP contribution in [0, 0.1) is 5.41 Å². The average Bonchev–Trinajstić information content (AvgIpc) is 2.70. The Morgan fingerprint density at radius 2 is 1.95 bits per heavy atom. The maximum absolute atomic E-state index is 12.5. The predicted molar refractivity (Wildman–Crippen MR) is 91.3 cm³/mol. The van der Waals surface area contributed by atoms with Crippen LogP contribution < -0.4 is 11.1 Å². The van der Waals surface area contributed by atoms with Crippen molar-refractivity contribution in [1.82, 2.24) is 4.98 Å². The van der Waals surface area contributed by atoms with E-state index in [1.165, 1.54) is 29.8 Å². The largest absolute Gasteiger partial charge is 0.329 e. The van der Waals surface area contributed by atoms with Crippen molar-refractivity contribution in [2.24, 2.45) is 11.1 Å². The first-order valence-electron chi connectivity index (χ1n) is 7.65. The number of aryl methyl sites for hydroxylation is 2. The molecule has 0 saturated carbocycles. The number of fused-ring (bicyclic) bond motifs is 1. The fourth-order valence-corrected chi connectivity index (χ4v) is 3.81. The molecule has 2 rings (SSSR count). The smallest absolute Gasteiger partial charge is 0.233 e. The Labute approximate surface area is 137 Å². The molecule has 1 aliphatic rings. The summed E-state index contributed by atoms with van der Waals surface area (Å²) in [4.78, 5) is 18.4. The highest BCUT2D eigenvalue weighted by atomic mass is 35.5. The second-order valence-corrected chi connectivity index (χ2v) is 6.68. The molecule has 0 aromatic carbocycles. The van der Waals surface area contributed by atoms with Gasteiger partial charge in [-0.15, -0.1) is 23.7 Å². The van der Waals surface area contributed by atoms with Crippen LogP contribution in [-0.2, 0) is 17.6 Å². The SMILES string of the molecule is CCC(CC)(CN)C(=O)Nc1nc2c(s1)CCCCC2.Cl. The zero-order chi connectivity index (χ0) is 14.6. The number of carbonyl (C=O) groups excluding carboxylic acids is 1. The summed E-state index contributed by atoms with van der Waals surface area (Å²) in [5.74, 6) is 0.0221. The van der Waals surface area contributed by atoms with Gasteiger partial charge < -0.3 is 11.1 Å². The minimum absolute atomic E-state index is 0. The Hall–Kier alpha value is -0.650. The predicted octanol–water partition coefficient (Wildman–Crippen LogP) is 3.54. The second-order valence-electron chi connectivity index (χ2n) is 5.60. The van der Waals surface area contributed by atoms with Crippen molar-refractivity contribution in [1.29, 1.82) is 0 Å². The maximum atomic E-state index is 12.5. The molecule has 6 heteroatoms. The van der Waals surface area contributed by atoms with Crippen molar-refractivity contribution in [3.63, 3.8) is 0 Å². The molecule has 1 aromatic heterocycles. The topological polar surface area (TPSA) is 68.0 Å². The summed E-state index contributed by atoms with van der Waals surface area (Å²) >= 11 is 1.64. The Bertz CT molecular complexity index is 440. The second kappa shape index (κ2) is 8.11. The number of nitrogens with one attached hydrogen (secondary N) is 1. The van der Waals surface area contributed by atoms with E-state index in [1.807, 2.05) is 13.8 Å². The minimum atomic E-state index is -0.455. The molecule has 0 unspecified atom stereocenters. The minimum Gasteiger partial charge on any atom is -0.329 e. The molecular weight excluding hydrogens is 306 g/mol. The number of hydrogen-bond acceptors (Lipinski definition) is 4. The normalized spacial score (nSPS) is 14.8. The number of nitrogens with two attached hydrogens (primary N) is 1. The number of nitrogens with zero attached hydrogens (tertiary/aromatic N) is 1. The lowest BCUT2D eigenvalue weighted by atomic mass is 9.81. The van der Waals surface area contributed by atoms with Gasteiger partial charge in [0.15, 0.2) is 5.13 Å². The molecule has 3 N–H and O–H groups in total. The van der Waals surface area contributed by atoms with Gasteiger partial charge in [-0.25, -0.2) is 4.98 Å². The first-order chi connectivity index (χ1) is 9.65. The van der Waals surface area contributed by atoms with Crippen LogP contribution in [0.5, 0.6) is 0 Å². The van der Waals surface area contributed by atoms with E-state index in [-0.39, 0.29) is 18.3 Å². The van der Waals surface area contributed by atoms with Crippen molar-refractivity contribution < 1.29 is 4.79 Å². The van der Waals surface area contributed by atoms with E-state index < -0.39 is 5.41 Å². The molecule has 0 aliphatic heterocycles. The molecule has 1 amide bonds. The number of hydrogen-bond donors (Lipinski definition) is 2. The molecule has 0 saturated heterocycles. The molecule has 1 aromatic rings. The van der Waals surface area contributed by atoms with Crippen LogP contribution in [0.4, 0.5) is 5.13 Å². The quantitative estimate of drug-likeness (QED) is 0.811. The van der Waals surface area contributed by atoms with Gasteiger partial charge in [-0.1, -0.05) is 20.3 Å². The van der Waals surface area contributed by atoms with E-state index >= 15 is 0 Å². The maximum Gasteiger partial charge on any atom is 0.233 e.